The molecule has 0 heterocycles. The van der Waals surface area contributed by atoms with Crippen molar-refractivity contribution in [2.24, 2.45) is 0 Å². The first-order chi connectivity index (χ1) is 9.82. The van der Waals surface area contributed by atoms with Gasteiger partial charge in [-0.15, -0.1) is 0 Å². The first kappa shape index (κ1) is 16.3. The van der Waals surface area contributed by atoms with Crippen LogP contribution in [0.2, 0.25) is 5.02 Å². The van der Waals surface area contributed by atoms with Crippen molar-refractivity contribution >= 4 is 27.5 Å². The molecule has 0 aromatic heterocycles. The Labute approximate surface area is 134 Å². The number of hydrogen-bond acceptors (Lipinski definition) is 1. The molecule has 1 unspecified atom stereocenters. The number of alkyl halides is 3. The van der Waals surface area contributed by atoms with Crippen molar-refractivity contribution in [3.8, 4) is 0 Å². The smallest absolute Gasteiger partial charge is 0.309 e. The third-order valence-corrected chi connectivity index (χ3v) is 3.97. The van der Waals surface area contributed by atoms with Gasteiger partial charge in [0.15, 0.2) is 0 Å². The van der Waals surface area contributed by atoms with Crippen molar-refractivity contribution in [2.75, 3.05) is 7.05 Å². The van der Waals surface area contributed by atoms with Crippen LogP contribution in [0.25, 0.3) is 0 Å². The average molecular weight is 379 g/mol. The average Bonchev–Trinajstić information content (AvgIpc) is 2.43. The molecule has 1 nitrogen and oxygen atoms in total. The maximum absolute atomic E-state index is 12.6. The summed E-state index contributed by atoms with van der Waals surface area (Å²) in [5.74, 6) is 0. The highest BCUT2D eigenvalue weighted by Gasteiger charge is 2.30. The van der Waals surface area contributed by atoms with Gasteiger partial charge in [0.25, 0.3) is 0 Å². The second kappa shape index (κ2) is 6.38. The van der Waals surface area contributed by atoms with Crippen LogP contribution in [0.3, 0.4) is 0 Å². The predicted octanol–water partition coefficient (Wildman–Crippen LogP) is 5.43. The highest BCUT2D eigenvalue weighted by Crippen LogP contribution is 2.33. The van der Waals surface area contributed by atoms with Crippen LogP contribution in [0.5, 0.6) is 0 Å². The Balaban J connectivity index is 2.40. The summed E-state index contributed by atoms with van der Waals surface area (Å²) >= 11 is 9.55. The van der Waals surface area contributed by atoms with E-state index in [2.05, 4.69) is 21.2 Å². The third kappa shape index (κ3) is 3.78. The van der Waals surface area contributed by atoms with Gasteiger partial charge in [0, 0.05) is 9.50 Å². The molecule has 0 aliphatic rings. The van der Waals surface area contributed by atoms with Crippen LogP contribution < -0.4 is 5.32 Å². The second-order valence-corrected chi connectivity index (χ2v) is 5.83. The highest BCUT2D eigenvalue weighted by atomic mass is 79.9. The number of hydrogen-bond donors (Lipinski definition) is 1. The van der Waals surface area contributed by atoms with E-state index in [-0.39, 0.29) is 6.04 Å². The quantitative estimate of drug-likeness (QED) is 0.751. The van der Waals surface area contributed by atoms with E-state index >= 15 is 0 Å². The molecule has 1 N–H and O–H groups in total. The van der Waals surface area contributed by atoms with E-state index in [9.17, 15) is 13.2 Å². The van der Waals surface area contributed by atoms with Crippen molar-refractivity contribution in [3.63, 3.8) is 0 Å². The molecule has 1 atom stereocenters. The lowest BCUT2D eigenvalue weighted by Crippen LogP contribution is -2.18. The Morgan fingerprint density at radius 2 is 1.71 bits per heavy atom. The molecule has 0 radical (unpaired) electrons. The van der Waals surface area contributed by atoms with Gasteiger partial charge in [-0.1, -0.05) is 39.7 Å². The molecular weight excluding hydrogens is 367 g/mol. The van der Waals surface area contributed by atoms with Gasteiger partial charge in [0.2, 0.25) is 0 Å². The van der Waals surface area contributed by atoms with Crippen molar-refractivity contribution in [2.45, 2.75) is 12.2 Å². The summed E-state index contributed by atoms with van der Waals surface area (Å²) in [6, 6.07) is 10.2. The van der Waals surface area contributed by atoms with Crippen LogP contribution in [0.15, 0.2) is 46.9 Å². The van der Waals surface area contributed by atoms with E-state index in [0.29, 0.717) is 10.6 Å². The van der Waals surface area contributed by atoms with E-state index < -0.39 is 11.7 Å². The zero-order valence-corrected chi connectivity index (χ0v) is 13.4. The van der Waals surface area contributed by atoms with Gasteiger partial charge >= 0.3 is 6.18 Å². The lowest BCUT2D eigenvalue weighted by molar-refractivity contribution is -0.137. The number of rotatable bonds is 3. The molecule has 0 aliphatic heterocycles. The fourth-order valence-corrected chi connectivity index (χ4v) is 2.71. The Morgan fingerprint density at radius 3 is 2.24 bits per heavy atom. The SMILES string of the molecule is CNC(c1ccc(C(F)(F)F)cc1)c1cc(Br)ccc1Cl. The first-order valence-corrected chi connectivity index (χ1v) is 7.29. The minimum Gasteiger partial charge on any atom is -0.309 e. The zero-order chi connectivity index (χ0) is 15.6. The molecule has 0 fully saturated rings. The highest BCUT2D eigenvalue weighted by molar-refractivity contribution is 9.10. The maximum Gasteiger partial charge on any atom is 0.416 e. The van der Waals surface area contributed by atoms with E-state index in [1.807, 2.05) is 12.1 Å². The van der Waals surface area contributed by atoms with Crippen LogP contribution in [0.1, 0.15) is 22.7 Å². The monoisotopic (exact) mass is 377 g/mol. The van der Waals surface area contributed by atoms with Gasteiger partial charge in [0.05, 0.1) is 11.6 Å². The van der Waals surface area contributed by atoms with Crippen molar-refractivity contribution in [3.05, 3.63) is 68.7 Å². The van der Waals surface area contributed by atoms with Crippen molar-refractivity contribution in [1.29, 1.82) is 0 Å². The summed E-state index contributed by atoms with van der Waals surface area (Å²) in [5.41, 5.74) is 0.847. The largest absolute Gasteiger partial charge is 0.416 e. The molecule has 2 rings (SSSR count). The fraction of sp³-hybridized carbons (Fsp3) is 0.200. The first-order valence-electron chi connectivity index (χ1n) is 6.12. The fourth-order valence-electron chi connectivity index (χ4n) is 2.10. The summed E-state index contributed by atoms with van der Waals surface area (Å²) in [6.07, 6.45) is -4.33. The van der Waals surface area contributed by atoms with Gasteiger partial charge in [-0.3, -0.25) is 0 Å². The van der Waals surface area contributed by atoms with Crippen molar-refractivity contribution in [1.82, 2.24) is 5.32 Å². The van der Waals surface area contributed by atoms with Gasteiger partial charge < -0.3 is 5.32 Å². The lowest BCUT2D eigenvalue weighted by atomic mass is 9.97. The van der Waals surface area contributed by atoms with Gasteiger partial charge in [-0.25, -0.2) is 0 Å². The molecule has 0 bridgehead atoms. The maximum atomic E-state index is 12.6. The molecule has 0 amide bonds. The van der Waals surface area contributed by atoms with Crippen LogP contribution in [-0.2, 0) is 6.18 Å². The molecule has 6 heteroatoms. The molecule has 0 spiro atoms. The molecule has 0 aliphatic carbocycles. The zero-order valence-electron chi connectivity index (χ0n) is 11.0. The molecule has 21 heavy (non-hydrogen) atoms. The predicted molar refractivity (Wildman–Crippen MR) is 81.5 cm³/mol. The van der Waals surface area contributed by atoms with Crippen LogP contribution in [0.4, 0.5) is 13.2 Å². The summed E-state index contributed by atoms with van der Waals surface area (Å²) in [4.78, 5) is 0. The summed E-state index contributed by atoms with van der Waals surface area (Å²) in [6.45, 7) is 0. The Morgan fingerprint density at radius 1 is 1.10 bits per heavy atom. The standard InChI is InChI=1S/C15H12BrClF3N/c1-21-14(12-8-11(16)6-7-13(12)17)9-2-4-10(5-3-9)15(18,19)20/h2-8,14,21H,1H3. The van der Waals surface area contributed by atoms with E-state index in [1.54, 1.807) is 13.1 Å². The molecule has 112 valence electrons. The van der Waals surface area contributed by atoms with Gasteiger partial charge in [-0.05, 0) is 48.5 Å². The summed E-state index contributed by atoms with van der Waals surface area (Å²) in [7, 11) is 1.74. The second-order valence-electron chi connectivity index (χ2n) is 4.51. The summed E-state index contributed by atoms with van der Waals surface area (Å²) < 4.78 is 38.7. The van der Waals surface area contributed by atoms with Gasteiger partial charge in [0.1, 0.15) is 0 Å². The van der Waals surface area contributed by atoms with Crippen molar-refractivity contribution < 1.29 is 13.2 Å². The van der Waals surface area contributed by atoms with Gasteiger partial charge in [-0.2, -0.15) is 13.2 Å². The Kier molecular flexibility index (Phi) is 4.96. The normalized spacial score (nSPS) is 13.2. The lowest BCUT2D eigenvalue weighted by Gasteiger charge is -2.19. The Bertz CT molecular complexity index is 626. The Hall–Kier alpha value is -1.04. The number of benzene rings is 2. The van der Waals surface area contributed by atoms with E-state index in [1.165, 1.54) is 12.1 Å². The van der Waals surface area contributed by atoms with Crippen LogP contribution in [-0.4, -0.2) is 7.05 Å². The third-order valence-electron chi connectivity index (χ3n) is 3.13. The number of nitrogens with one attached hydrogen (secondary N) is 1. The minimum absolute atomic E-state index is 0.280. The molecule has 0 saturated carbocycles. The molecule has 2 aromatic carbocycles. The van der Waals surface area contributed by atoms with Crippen LogP contribution in [0, 0.1) is 0 Å². The molecular formula is C15H12BrClF3N. The summed E-state index contributed by atoms with van der Waals surface area (Å²) in [5, 5.41) is 3.63. The van der Waals surface area contributed by atoms with E-state index in [0.717, 1.165) is 22.2 Å². The van der Waals surface area contributed by atoms with Crippen LogP contribution >= 0.6 is 27.5 Å². The number of halogens is 5. The molecule has 2 aromatic rings. The van der Waals surface area contributed by atoms with E-state index in [4.69, 9.17) is 11.6 Å². The topological polar surface area (TPSA) is 12.0 Å². The minimum atomic E-state index is -4.33. The molecule has 0 saturated heterocycles.